The molecule has 2 aromatic rings. The fourth-order valence-corrected chi connectivity index (χ4v) is 2.05. The van der Waals surface area contributed by atoms with Crippen LogP contribution in [-0.4, -0.2) is 34.3 Å². The number of aromatic nitrogens is 3. The number of ether oxygens (including phenoxy) is 1. The molecule has 1 saturated carbocycles. The van der Waals surface area contributed by atoms with Crippen LogP contribution in [0.2, 0.25) is 0 Å². The Labute approximate surface area is 132 Å². The van der Waals surface area contributed by atoms with Crippen LogP contribution >= 0.6 is 0 Å². The molecule has 1 aromatic heterocycles. The van der Waals surface area contributed by atoms with Gasteiger partial charge in [-0.3, -0.25) is 9.59 Å². The van der Waals surface area contributed by atoms with Crippen LogP contribution < -0.4 is 15.4 Å². The number of H-pyrrole nitrogens is 1. The number of nitrogens with zero attached hydrogens (tertiary/aromatic N) is 2. The fraction of sp³-hybridized carbons (Fsp3) is 0.333. The zero-order valence-electron chi connectivity index (χ0n) is 12.6. The van der Waals surface area contributed by atoms with Crippen molar-refractivity contribution >= 4 is 17.6 Å². The van der Waals surface area contributed by atoms with Gasteiger partial charge < -0.3 is 15.4 Å². The normalized spacial score (nSPS) is 13.4. The van der Waals surface area contributed by atoms with Crippen LogP contribution in [0.3, 0.4) is 0 Å². The van der Waals surface area contributed by atoms with Crippen LogP contribution in [0.4, 0.5) is 5.82 Å². The topological polar surface area (TPSA) is 109 Å². The second-order valence-electron chi connectivity index (χ2n) is 5.33. The van der Waals surface area contributed by atoms with Gasteiger partial charge in [0.25, 0.3) is 5.91 Å². The van der Waals surface area contributed by atoms with Gasteiger partial charge in [-0.25, -0.2) is 5.10 Å². The summed E-state index contributed by atoms with van der Waals surface area (Å²) in [4.78, 5) is 23.9. The molecule has 0 aliphatic heterocycles. The van der Waals surface area contributed by atoms with Gasteiger partial charge >= 0.3 is 0 Å². The molecule has 1 fully saturated rings. The molecule has 0 unspecified atom stereocenters. The summed E-state index contributed by atoms with van der Waals surface area (Å²) >= 11 is 0. The number of nitrogens with one attached hydrogen (secondary N) is 3. The molecule has 1 aromatic carbocycles. The lowest BCUT2D eigenvalue weighted by Crippen LogP contribution is -2.25. The number of aromatic amines is 1. The van der Waals surface area contributed by atoms with Crippen molar-refractivity contribution in [2.75, 3.05) is 12.4 Å². The first-order valence-corrected chi connectivity index (χ1v) is 7.30. The molecule has 23 heavy (non-hydrogen) atoms. The second kappa shape index (κ2) is 6.47. The molecule has 1 heterocycles. The van der Waals surface area contributed by atoms with Gasteiger partial charge in [0.2, 0.25) is 5.91 Å². The summed E-state index contributed by atoms with van der Waals surface area (Å²) in [6.07, 6.45) is 1.76. The molecular weight excluding hydrogens is 298 g/mol. The van der Waals surface area contributed by atoms with Crippen molar-refractivity contribution in [3.05, 3.63) is 35.5 Å². The Hall–Kier alpha value is -2.90. The smallest absolute Gasteiger partial charge is 0.275 e. The molecule has 0 bridgehead atoms. The van der Waals surface area contributed by atoms with Crippen LogP contribution in [0.5, 0.6) is 5.75 Å². The van der Waals surface area contributed by atoms with E-state index in [1.165, 1.54) is 0 Å². The first kappa shape index (κ1) is 15.0. The molecule has 8 heteroatoms. The third-order valence-corrected chi connectivity index (χ3v) is 3.57. The van der Waals surface area contributed by atoms with Gasteiger partial charge in [-0.1, -0.05) is 17.3 Å². The van der Waals surface area contributed by atoms with E-state index in [2.05, 4.69) is 26.0 Å². The highest BCUT2D eigenvalue weighted by Crippen LogP contribution is 2.30. The Morgan fingerprint density at radius 1 is 1.30 bits per heavy atom. The van der Waals surface area contributed by atoms with Gasteiger partial charge in [-0.2, -0.15) is 0 Å². The second-order valence-corrected chi connectivity index (χ2v) is 5.33. The zero-order valence-corrected chi connectivity index (χ0v) is 12.6. The molecular formula is C15H17N5O3. The number of benzene rings is 1. The standard InChI is InChI=1S/C15H17N5O3/c1-23-11-6-2-9(3-7-11)8-16-15(22)12-13(19-20-18-12)17-14(21)10-4-5-10/h2-3,6-7,10H,4-5,8H2,1H3,(H,16,22)(H2,17,18,19,20,21). The molecule has 3 rings (SSSR count). The lowest BCUT2D eigenvalue weighted by molar-refractivity contribution is -0.117. The Balaban J connectivity index is 1.59. The van der Waals surface area contributed by atoms with E-state index < -0.39 is 5.91 Å². The lowest BCUT2D eigenvalue weighted by Gasteiger charge is -2.06. The van der Waals surface area contributed by atoms with Crippen molar-refractivity contribution < 1.29 is 14.3 Å². The Morgan fingerprint density at radius 2 is 2.04 bits per heavy atom. The minimum absolute atomic E-state index is 0.0357. The summed E-state index contributed by atoms with van der Waals surface area (Å²) < 4.78 is 5.08. The molecule has 0 spiro atoms. The monoisotopic (exact) mass is 315 g/mol. The van der Waals surface area contributed by atoms with E-state index in [4.69, 9.17) is 4.74 Å². The minimum atomic E-state index is -0.402. The van der Waals surface area contributed by atoms with E-state index in [1.807, 2.05) is 24.3 Å². The molecule has 0 atom stereocenters. The third-order valence-electron chi connectivity index (χ3n) is 3.57. The highest BCUT2D eigenvalue weighted by atomic mass is 16.5. The van der Waals surface area contributed by atoms with Gasteiger partial charge in [0.15, 0.2) is 11.5 Å². The Bertz CT molecular complexity index is 706. The number of methoxy groups -OCH3 is 1. The molecule has 3 N–H and O–H groups in total. The van der Waals surface area contributed by atoms with Crippen molar-refractivity contribution in [2.45, 2.75) is 19.4 Å². The van der Waals surface area contributed by atoms with Crippen LogP contribution in [0.15, 0.2) is 24.3 Å². The SMILES string of the molecule is COc1ccc(CNC(=O)c2nn[nH]c2NC(=O)C2CC2)cc1. The van der Waals surface area contributed by atoms with Crippen LogP contribution in [0.25, 0.3) is 0 Å². The van der Waals surface area contributed by atoms with E-state index in [9.17, 15) is 9.59 Å². The average molecular weight is 315 g/mol. The van der Waals surface area contributed by atoms with E-state index in [0.29, 0.717) is 6.54 Å². The highest BCUT2D eigenvalue weighted by molar-refractivity contribution is 6.01. The van der Waals surface area contributed by atoms with Crippen molar-refractivity contribution in [1.29, 1.82) is 0 Å². The van der Waals surface area contributed by atoms with Gasteiger partial charge in [-0.15, -0.1) is 5.10 Å². The van der Waals surface area contributed by atoms with Gasteiger partial charge in [0.05, 0.1) is 7.11 Å². The predicted molar refractivity (Wildman–Crippen MR) is 81.9 cm³/mol. The number of anilines is 1. The zero-order chi connectivity index (χ0) is 16.2. The molecule has 1 aliphatic rings. The highest BCUT2D eigenvalue weighted by Gasteiger charge is 2.31. The maximum Gasteiger partial charge on any atom is 0.275 e. The average Bonchev–Trinajstić information content (AvgIpc) is 3.33. The molecule has 1 aliphatic carbocycles. The Morgan fingerprint density at radius 3 is 2.70 bits per heavy atom. The van der Waals surface area contributed by atoms with Gasteiger partial charge in [-0.05, 0) is 30.5 Å². The summed E-state index contributed by atoms with van der Waals surface area (Å²) in [6.45, 7) is 0.339. The number of amides is 2. The first-order chi connectivity index (χ1) is 11.2. The van der Waals surface area contributed by atoms with Crippen molar-refractivity contribution in [3.63, 3.8) is 0 Å². The predicted octanol–water partition coefficient (Wildman–Crippen LogP) is 1.09. The number of carbonyl (C=O) groups excluding carboxylic acids is 2. The van der Waals surface area contributed by atoms with Crippen molar-refractivity contribution in [3.8, 4) is 5.75 Å². The fourth-order valence-electron chi connectivity index (χ4n) is 2.05. The summed E-state index contributed by atoms with van der Waals surface area (Å²) in [5, 5.41) is 15.3. The quantitative estimate of drug-likeness (QED) is 0.739. The first-order valence-electron chi connectivity index (χ1n) is 7.30. The summed E-state index contributed by atoms with van der Waals surface area (Å²) in [7, 11) is 1.60. The van der Waals surface area contributed by atoms with Crippen LogP contribution in [0.1, 0.15) is 28.9 Å². The molecule has 120 valence electrons. The number of carbonyl (C=O) groups is 2. The van der Waals surface area contributed by atoms with Crippen LogP contribution in [0, 0.1) is 5.92 Å². The van der Waals surface area contributed by atoms with E-state index in [1.54, 1.807) is 7.11 Å². The maximum atomic E-state index is 12.2. The molecule has 0 saturated heterocycles. The largest absolute Gasteiger partial charge is 0.497 e. The van der Waals surface area contributed by atoms with E-state index in [-0.39, 0.29) is 23.3 Å². The van der Waals surface area contributed by atoms with Gasteiger partial charge in [0, 0.05) is 12.5 Å². The minimum Gasteiger partial charge on any atom is -0.497 e. The van der Waals surface area contributed by atoms with Crippen molar-refractivity contribution in [1.82, 2.24) is 20.7 Å². The van der Waals surface area contributed by atoms with Crippen molar-refractivity contribution in [2.24, 2.45) is 5.92 Å². The summed E-state index contributed by atoms with van der Waals surface area (Å²) in [6, 6.07) is 7.35. The maximum absolute atomic E-state index is 12.2. The Kier molecular flexibility index (Phi) is 4.22. The number of hydrogen-bond donors (Lipinski definition) is 3. The van der Waals surface area contributed by atoms with E-state index in [0.717, 1.165) is 24.2 Å². The molecule has 2 amide bonds. The van der Waals surface area contributed by atoms with Gasteiger partial charge in [0.1, 0.15) is 5.75 Å². The summed E-state index contributed by atoms with van der Waals surface area (Å²) in [5.41, 5.74) is 0.999. The molecule has 0 radical (unpaired) electrons. The number of hydrogen-bond acceptors (Lipinski definition) is 5. The lowest BCUT2D eigenvalue weighted by atomic mass is 10.2. The number of rotatable bonds is 6. The summed E-state index contributed by atoms with van der Waals surface area (Å²) in [5.74, 6) is 0.505. The van der Waals surface area contributed by atoms with Crippen LogP contribution in [-0.2, 0) is 11.3 Å². The third kappa shape index (κ3) is 3.65. The molecule has 8 nitrogen and oxygen atoms in total. The van der Waals surface area contributed by atoms with E-state index >= 15 is 0 Å².